The fourth-order valence-corrected chi connectivity index (χ4v) is 0.958. The van der Waals surface area contributed by atoms with Crippen LogP contribution < -0.4 is 5.90 Å². The van der Waals surface area contributed by atoms with Gasteiger partial charge in [-0.15, -0.1) is 0 Å². The highest BCUT2D eigenvalue weighted by Gasteiger charge is 2.13. The van der Waals surface area contributed by atoms with Gasteiger partial charge in [0, 0.05) is 13.0 Å². The largest absolute Gasteiger partial charge is 0.460 e. The molecule has 0 aromatic rings. The molecule has 96 valence electrons. The molecule has 0 rings (SSSR count). The van der Waals surface area contributed by atoms with Crippen molar-refractivity contribution < 1.29 is 23.9 Å². The molecule has 0 bridgehead atoms. The molecule has 0 aromatic carbocycles. The first kappa shape index (κ1) is 17.4. The first-order chi connectivity index (χ1) is 7.10. The van der Waals surface area contributed by atoms with Crippen molar-refractivity contribution in [2.24, 2.45) is 5.90 Å². The number of ether oxygens (including phenoxy) is 2. The fourth-order valence-electron chi connectivity index (χ4n) is 0.958. The number of carbonyl (C=O) groups excluding carboxylic acids is 2. The van der Waals surface area contributed by atoms with E-state index >= 15 is 0 Å². The zero-order valence-corrected chi connectivity index (χ0v) is 9.02. The van der Waals surface area contributed by atoms with Crippen molar-refractivity contribution in [2.75, 3.05) is 19.8 Å². The Morgan fingerprint density at radius 3 is 2.44 bits per heavy atom. The van der Waals surface area contributed by atoms with Gasteiger partial charge < -0.3 is 9.47 Å². The molecule has 0 saturated heterocycles. The summed E-state index contributed by atoms with van der Waals surface area (Å²) >= 11 is 0. The number of carbonyl (C=O) groups is 2. The number of esters is 1. The molecule has 6 nitrogen and oxygen atoms in total. The Kier molecular flexibility index (Phi) is 11.5. The van der Waals surface area contributed by atoms with Crippen LogP contribution in [-0.4, -0.2) is 37.7 Å². The lowest BCUT2D eigenvalue weighted by molar-refractivity contribution is -0.154. The van der Waals surface area contributed by atoms with Crippen molar-refractivity contribution in [1.82, 2.24) is 0 Å². The summed E-state index contributed by atoms with van der Waals surface area (Å²) in [4.78, 5) is 26.2. The van der Waals surface area contributed by atoms with E-state index in [4.69, 9.17) is 15.4 Å². The molecule has 6 heteroatoms. The van der Waals surface area contributed by atoms with E-state index in [1.807, 2.05) is 0 Å². The highest BCUT2D eigenvalue weighted by molar-refractivity contribution is 5.80. The first-order valence-electron chi connectivity index (χ1n) is 4.70. The van der Waals surface area contributed by atoms with Gasteiger partial charge in [0.15, 0.2) is 5.78 Å². The lowest BCUT2D eigenvalue weighted by atomic mass is 10.2. The Labute approximate surface area is 96.0 Å². The SMILES string of the molecule is C.CCOCC(=O)OC(C)CC(=O)CON. The van der Waals surface area contributed by atoms with Gasteiger partial charge in [0.1, 0.15) is 19.3 Å². The van der Waals surface area contributed by atoms with E-state index in [2.05, 4.69) is 4.84 Å². The summed E-state index contributed by atoms with van der Waals surface area (Å²) in [7, 11) is 0. The van der Waals surface area contributed by atoms with Crippen LogP contribution in [0.2, 0.25) is 0 Å². The van der Waals surface area contributed by atoms with Crippen molar-refractivity contribution in [3.63, 3.8) is 0 Å². The van der Waals surface area contributed by atoms with Crippen LogP contribution in [0.5, 0.6) is 0 Å². The number of Topliss-reactive ketones (excluding diaryl/α,β-unsaturated/α-hetero) is 1. The Bertz CT molecular complexity index is 207. The monoisotopic (exact) mass is 235 g/mol. The molecule has 0 aliphatic heterocycles. The van der Waals surface area contributed by atoms with Crippen molar-refractivity contribution >= 4 is 11.8 Å². The van der Waals surface area contributed by atoms with E-state index in [1.165, 1.54) is 0 Å². The van der Waals surface area contributed by atoms with Crippen LogP contribution in [0.3, 0.4) is 0 Å². The van der Waals surface area contributed by atoms with Gasteiger partial charge >= 0.3 is 5.97 Å². The van der Waals surface area contributed by atoms with Crippen LogP contribution in [0.1, 0.15) is 27.7 Å². The molecule has 0 amide bonds. The highest BCUT2D eigenvalue weighted by atomic mass is 16.6. The Morgan fingerprint density at radius 2 is 1.94 bits per heavy atom. The van der Waals surface area contributed by atoms with Crippen LogP contribution in [0, 0.1) is 0 Å². The second-order valence-corrected chi connectivity index (χ2v) is 2.99. The van der Waals surface area contributed by atoms with E-state index in [0.717, 1.165) is 0 Å². The van der Waals surface area contributed by atoms with Crippen molar-refractivity contribution in [1.29, 1.82) is 0 Å². The maximum Gasteiger partial charge on any atom is 0.332 e. The van der Waals surface area contributed by atoms with E-state index in [-0.39, 0.29) is 32.8 Å². The molecule has 0 spiro atoms. The molecule has 0 fully saturated rings. The molecular weight excluding hydrogens is 214 g/mol. The summed E-state index contributed by atoms with van der Waals surface area (Å²) in [5.74, 6) is 4.03. The van der Waals surface area contributed by atoms with Crippen molar-refractivity contribution in [3.8, 4) is 0 Å². The number of rotatable bonds is 8. The molecule has 1 atom stereocenters. The smallest absolute Gasteiger partial charge is 0.332 e. The molecule has 0 aliphatic rings. The number of ketones is 1. The van der Waals surface area contributed by atoms with Gasteiger partial charge in [-0.05, 0) is 13.8 Å². The van der Waals surface area contributed by atoms with Crippen LogP contribution in [0.25, 0.3) is 0 Å². The summed E-state index contributed by atoms with van der Waals surface area (Å²) in [6.45, 7) is 3.58. The Hall–Kier alpha value is -0.980. The van der Waals surface area contributed by atoms with E-state index in [9.17, 15) is 9.59 Å². The van der Waals surface area contributed by atoms with E-state index < -0.39 is 12.1 Å². The predicted octanol–water partition coefficient (Wildman–Crippen LogP) is 0.440. The molecular formula is C10H21NO5. The molecule has 0 aliphatic carbocycles. The third-order valence-electron chi connectivity index (χ3n) is 1.52. The summed E-state index contributed by atoms with van der Waals surface area (Å²) in [6, 6.07) is 0. The summed E-state index contributed by atoms with van der Waals surface area (Å²) in [5, 5.41) is 0. The maximum absolute atomic E-state index is 11.0. The Balaban J connectivity index is 0. The van der Waals surface area contributed by atoms with Gasteiger partial charge in [-0.25, -0.2) is 10.7 Å². The van der Waals surface area contributed by atoms with Gasteiger partial charge in [-0.1, -0.05) is 7.43 Å². The molecule has 0 heterocycles. The second-order valence-electron chi connectivity index (χ2n) is 2.99. The van der Waals surface area contributed by atoms with Gasteiger partial charge in [0.05, 0.1) is 0 Å². The zero-order valence-electron chi connectivity index (χ0n) is 9.02. The van der Waals surface area contributed by atoms with Crippen LogP contribution in [0.15, 0.2) is 0 Å². The summed E-state index contributed by atoms with van der Waals surface area (Å²) < 4.78 is 9.73. The minimum absolute atomic E-state index is 0. The fraction of sp³-hybridized carbons (Fsp3) is 0.800. The standard InChI is InChI=1S/C9H17NO5.CH4/c1-3-13-6-9(12)15-7(2)4-8(11)5-14-10;/h7H,3-6,10H2,1-2H3;1H4. The third-order valence-corrected chi connectivity index (χ3v) is 1.52. The van der Waals surface area contributed by atoms with Crippen LogP contribution in [0.4, 0.5) is 0 Å². The van der Waals surface area contributed by atoms with Crippen LogP contribution >= 0.6 is 0 Å². The molecule has 16 heavy (non-hydrogen) atoms. The summed E-state index contributed by atoms with van der Waals surface area (Å²) in [6.07, 6.45) is -0.393. The average Bonchev–Trinajstić information content (AvgIpc) is 2.14. The van der Waals surface area contributed by atoms with E-state index in [0.29, 0.717) is 6.61 Å². The van der Waals surface area contributed by atoms with E-state index in [1.54, 1.807) is 13.8 Å². The molecule has 0 aromatic heterocycles. The van der Waals surface area contributed by atoms with Crippen molar-refractivity contribution in [2.45, 2.75) is 33.8 Å². The average molecular weight is 235 g/mol. The minimum atomic E-state index is -0.486. The zero-order chi connectivity index (χ0) is 11.7. The molecule has 2 N–H and O–H groups in total. The first-order valence-corrected chi connectivity index (χ1v) is 4.70. The summed E-state index contributed by atoms with van der Waals surface area (Å²) in [5.41, 5.74) is 0. The highest BCUT2D eigenvalue weighted by Crippen LogP contribution is 1.99. The number of hydrogen-bond donors (Lipinski definition) is 1. The quantitative estimate of drug-likeness (QED) is 0.485. The van der Waals surface area contributed by atoms with Crippen LogP contribution in [-0.2, 0) is 23.9 Å². The maximum atomic E-state index is 11.0. The Morgan fingerprint density at radius 1 is 1.31 bits per heavy atom. The predicted molar refractivity (Wildman–Crippen MR) is 58.5 cm³/mol. The third kappa shape index (κ3) is 9.57. The van der Waals surface area contributed by atoms with Crippen molar-refractivity contribution in [3.05, 3.63) is 0 Å². The number of hydrogen-bond acceptors (Lipinski definition) is 6. The second kappa shape index (κ2) is 10.5. The van der Waals surface area contributed by atoms with Gasteiger partial charge in [-0.2, -0.15) is 0 Å². The topological polar surface area (TPSA) is 87.8 Å². The number of nitrogens with two attached hydrogens (primary N) is 1. The lowest BCUT2D eigenvalue weighted by Crippen LogP contribution is -2.24. The lowest BCUT2D eigenvalue weighted by Gasteiger charge is -2.11. The van der Waals surface area contributed by atoms with Gasteiger partial charge in [0.25, 0.3) is 0 Å². The molecule has 1 unspecified atom stereocenters. The van der Waals surface area contributed by atoms with Gasteiger partial charge in [0.2, 0.25) is 0 Å². The van der Waals surface area contributed by atoms with Gasteiger partial charge in [-0.3, -0.25) is 9.63 Å². The molecule has 0 radical (unpaired) electrons. The normalized spacial score (nSPS) is 11.4. The minimum Gasteiger partial charge on any atom is -0.460 e. The molecule has 0 saturated carbocycles.